The minimum absolute atomic E-state index is 0.0312. The molecule has 134 valence electrons. The summed E-state index contributed by atoms with van der Waals surface area (Å²) < 4.78 is 9.70. The Morgan fingerprint density at radius 3 is 2.62 bits per heavy atom. The van der Waals surface area contributed by atoms with Gasteiger partial charge in [0.2, 0.25) is 0 Å². The molecule has 0 aromatic heterocycles. The molecule has 1 aromatic carbocycles. The summed E-state index contributed by atoms with van der Waals surface area (Å²) in [5.74, 6) is -1.50. The van der Waals surface area contributed by atoms with Gasteiger partial charge in [0.25, 0.3) is 5.91 Å². The lowest BCUT2D eigenvalue weighted by molar-refractivity contribution is -0.139. The number of nitrogens with one attached hydrogen (secondary N) is 1. The quantitative estimate of drug-likeness (QED) is 0.828. The van der Waals surface area contributed by atoms with Crippen LogP contribution in [0.1, 0.15) is 15.9 Å². The van der Waals surface area contributed by atoms with Crippen molar-refractivity contribution in [2.45, 2.75) is 6.42 Å². The van der Waals surface area contributed by atoms with Gasteiger partial charge in [0.15, 0.2) is 0 Å². The zero-order chi connectivity index (χ0) is 18.7. The van der Waals surface area contributed by atoms with E-state index in [-0.39, 0.29) is 17.2 Å². The van der Waals surface area contributed by atoms with Crippen molar-refractivity contribution in [2.24, 2.45) is 0 Å². The van der Waals surface area contributed by atoms with Crippen LogP contribution < -0.4 is 10.2 Å². The molecule has 2 aliphatic rings. The Hall–Kier alpha value is -3.35. The second-order valence-electron chi connectivity index (χ2n) is 5.63. The first kappa shape index (κ1) is 17.5. The van der Waals surface area contributed by atoms with Gasteiger partial charge in [-0.15, -0.1) is 0 Å². The normalized spacial score (nSPS) is 15.9. The maximum absolute atomic E-state index is 12.5. The molecule has 1 amide bonds. The largest absolute Gasteiger partial charge is 0.465 e. The molecule has 0 unspecified atom stereocenters. The first-order valence-corrected chi connectivity index (χ1v) is 8.03. The van der Waals surface area contributed by atoms with Crippen molar-refractivity contribution in [3.63, 3.8) is 0 Å². The first-order chi connectivity index (χ1) is 12.6. The van der Waals surface area contributed by atoms with Crippen LogP contribution in [-0.4, -0.2) is 38.6 Å². The smallest absolute Gasteiger partial charge is 0.355 e. The fourth-order valence-electron chi connectivity index (χ4n) is 3.02. The van der Waals surface area contributed by atoms with Crippen LogP contribution in [0.25, 0.3) is 0 Å². The maximum Gasteiger partial charge on any atom is 0.355 e. The number of esters is 2. The van der Waals surface area contributed by atoms with E-state index in [9.17, 15) is 14.4 Å². The molecule has 1 N–H and O–H groups in total. The van der Waals surface area contributed by atoms with Crippen LogP contribution in [0.15, 0.2) is 53.9 Å². The lowest BCUT2D eigenvalue weighted by Gasteiger charge is -2.28. The topological polar surface area (TPSA) is 84.9 Å². The summed E-state index contributed by atoms with van der Waals surface area (Å²) in [5, 5.41) is 2.80. The number of carbonyl (C=O) groups is 3. The third-order valence-electron chi connectivity index (χ3n) is 4.21. The molecule has 1 aromatic rings. The van der Waals surface area contributed by atoms with E-state index in [0.29, 0.717) is 24.2 Å². The molecular weight excluding hydrogens is 336 g/mol. The van der Waals surface area contributed by atoms with Crippen molar-refractivity contribution in [3.8, 4) is 0 Å². The highest BCUT2D eigenvalue weighted by Crippen LogP contribution is 2.32. The van der Waals surface area contributed by atoms with Gasteiger partial charge in [0.05, 0.1) is 19.8 Å². The van der Waals surface area contributed by atoms with Crippen molar-refractivity contribution in [3.05, 3.63) is 65.0 Å². The van der Waals surface area contributed by atoms with Gasteiger partial charge in [-0.3, -0.25) is 4.79 Å². The molecule has 0 bridgehead atoms. The Morgan fingerprint density at radius 2 is 1.88 bits per heavy atom. The minimum Gasteiger partial charge on any atom is -0.465 e. The average Bonchev–Trinajstić information content (AvgIpc) is 2.89. The molecule has 0 saturated heterocycles. The van der Waals surface area contributed by atoms with E-state index in [1.807, 2.05) is 0 Å². The van der Waals surface area contributed by atoms with Crippen LogP contribution in [0.4, 0.5) is 5.69 Å². The monoisotopic (exact) mass is 354 g/mol. The van der Waals surface area contributed by atoms with Gasteiger partial charge in [0, 0.05) is 24.0 Å². The summed E-state index contributed by atoms with van der Waals surface area (Å²) in [6.07, 6.45) is 7.09. The maximum atomic E-state index is 12.5. The lowest BCUT2D eigenvalue weighted by Crippen LogP contribution is -2.34. The lowest BCUT2D eigenvalue weighted by atomic mass is 9.97. The molecule has 0 atom stereocenters. The highest BCUT2D eigenvalue weighted by atomic mass is 16.5. The number of hydrogen-bond donors (Lipinski definition) is 1. The van der Waals surface area contributed by atoms with Crippen molar-refractivity contribution in [2.75, 3.05) is 25.7 Å². The van der Waals surface area contributed by atoms with Crippen LogP contribution in [0, 0.1) is 0 Å². The summed E-state index contributed by atoms with van der Waals surface area (Å²) in [6.45, 7) is 0.500. The number of ether oxygens (including phenoxy) is 2. The van der Waals surface area contributed by atoms with E-state index in [2.05, 4.69) is 5.32 Å². The number of hydrogen-bond acceptors (Lipinski definition) is 6. The van der Waals surface area contributed by atoms with Crippen LogP contribution in [0.5, 0.6) is 0 Å². The number of benzene rings is 1. The molecular formula is C19H18N2O5. The fraction of sp³-hybridized carbons (Fsp3) is 0.211. The predicted molar refractivity (Wildman–Crippen MR) is 94.3 cm³/mol. The Balaban J connectivity index is 2.23. The summed E-state index contributed by atoms with van der Waals surface area (Å²) >= 11 is 0. The van der Waals surface area contributed by atoms with Gasteiger partial charge >= 0.3 is 11.9 Å². The van der Waals surface area contributed by atoms with Gasteiger partial charge in [-0.1, -0.05) is 12.1 Å². The van der Waals surface area contributed by atoms with Crippen molar-refractivity contribution < 1.29 is 23.9 Å². The van der Waals surface area contributed by atoms with Crippen LogP contribution >= 0.6 is 0 Å². The minimum atomic E-state index is -0.681. The number of nitrogens with zero attached hydrogens (tertiary/aromatic N) is 1. The molecule has 2 heterocycles. The average molecular weight is 354 g/mol. The standard InChI is InChI=1S/C19H18N2O5/c1-25-18(23)14-6-3-4-11-21(16(14)19(24)26-2)15-8-5-7-13-12(15)9-10-20-17(13)22/h3-8,11H,9-10H2,1-2H3,(H,20,22). The van der Waals surface area contributed by atoms with Gasteiger partial charge in [0.1, 0.15) is 5.70 Å². The van der Waals surface area contributed by atoms with Crippen LogP contribution in [-0.2, 0) is 25.5 Å². The second kappa shape index (κ2) is 7.26. The summed E-state index contributed by atoms with van der Waals surface area (Å²) in [7, 11) is 2.49. The molecule has 7 nitrogen and oxygen atoms in total. The Kier molecular flexibility index (Phi) is 4.88. The highest BCUT2D eigenvalue weighted by Gasteiger charge is 2.30. The van der Waals surface area contributed by atoms with E-state index < -0.39 is 11.9 Å². The zero-order valence-corrected chi connectivity index (χ0v) is 14.4. The van der Waals surface area contributed by atoms with Crippen LogP contribution in [0.3, 0.4) is 0 Å². The summed E-state index contributed by atoms with van der Waals surface area (Å²) in [4.78, 5) is 38.4. The number of rotatable bonds is 3. The van der Waals surface area contributed by atoms with E-state index in [0.717, 1.165) is 5.56 Å². The molecule has 0 radical (unpaired) electrons. The number of allylic oxidation sites excluding steroid dienone is 2. The molecule has 0 saturated carbocycles. The Bertz CT molecular complexity index is 867. The van der Waals surface area contributed by atoms with Crippen molar-refractivity contribution in [1.29, 1.82) is 0 Å². The van der Waals surface area contributed by atoms with Gasteiger partial charge < -0.3 is 19.7 Å². The number of amides is 1. The molecule has 0 fully saturated rings. The number of anilines is 1. The van der Waals surface area contributed by atoms with Crippen molar-refractivity contribution >= 4 is 23.5 Å². The number of methoxy groups -OCH3 is 2. The Morgan fingerprint density at radius 1 is 1.12 bits per heavy atom. The third-order valence-corrected chi connectivity index (χ3v) is 4.21. The SMILES string of the molecule is COC(=O)C1=C(C(=O)OC)N(c2cccc3c2CCNC3=O)C=CC=C1. The van der Waals surface area contributed by atoms with E-state index in [1.165, 1.54) is 20.3 Å². The summed E-state index contributed by atoms with van der Waals surface area (Å²) in [6, 6.07) is 5.26. The van der Waals surface area contributed by atoms with E-state index in [4.69, 9.17) is 9.47 Å². The molecule has 3 rings (SSSR count). The first-order valence-electron chi connectivity index (χ1n) is 8.03. The predicted octanol–water partition coefficient (Wildman–Crippen LogP) is 1.46. The number of carbonyl (C=O) groups excluding carboxylic acids is 3. The Labute approximate surface area is 150 Å². The summed E-state index contributed by atoms with van der Waals surface area (Å²) in [5.41, 5.74) is 2.08. The van der Waals surface area contributed by atoms with E-state index >= 15 is 0 Å². The van der Waals surface area contributed by atoms with Gasteiger partial charge in [-0.2, -0.15) is 0 Å². The van der Waals surface area contributed by atoms with Gasteiger partial charge in [-0.25, -0.2) is 9.59 Å². The third kappa shape index (κ3) is 2.99. The molecule has 7 heteroatoms. The number of fused-ring (bicyclic) bond motifs is 1. The second-order valence-corrected chi connectivity index (χ2v) is 5.63. The van der Waals surface area contributed by atoms with Crippen molar-refractivity contribution in [1.82, 2.24) is 5.32 Å². The van der Waals surface area contributed by atoms with Crippen LogP contribution in [0.2, 0.25) is 0 Å². The molecule has 0 aliphatic carbocycles. The highest BCUT2D eigenvalue weighted by molar-refractivity contribution is 6.06. The molecule has 2 aliphatic heterocycles. The fourth-order valence-corrected chi connectivity index (χ4v) is 3.02. The van der Waals surface area contributed by atoms with E-state index in [1.54, 1.807) is 41.5 Å². The molecule has 0 spiro atoms. The zero-order valence-electron chi connectivity index (χ0n) is 14.4. The molecule has 26 heavy (non-hydrogen) atoms. The van der Waals surface area contributed by atoms with Gasteiger partial charge in [-0.05, 0) is 36.3 Å².